The summed E-state index contributed by atoms with van der Waals surface area (Å²) >= 11 is 0. The molecule has 0 saturated carbocycles. The smallest absolute Gasteiger partial charge is 0.489 e. The van der Waals surface area contributed by atoms with Crippen molar-refractivity contribution < 1.29 is 32.2 Å². The van der Waals surface area contributed by atoms with Crippen LogP contribution >= 0.6 is 0 Å². The molecule has 0 bridgehead atoms. The second-order valence-corrected chi connectivity index (χ2v) is 8.59. The van der Waals surface area contributed by atoms with Gasteiger partial charge >= 0.3 is 12.1 Å². The lowest BCUT2D eigenvalue weighted by atomic mass is 10.2. The van der Waals surface area contributed by atoms with E-state index in [0.717, 1.165) is 11.1 Å². The van der Waals surface area contributed by atoms with Crippen molar-refractivity contribution in [3.63, 3.8) is 0 Å². The highest BCUT2D eigenvalue weighted by molar-refractivity contribution is 6.10. The molecular formula is C27H24F3N3O4. The number of aromatic amines is 1. The molecule has 37 heavy (non-hydrogen) atoms. The molecule has 0 aliphatic rings. The number of alkyl halides is 3. The van der Waals surface area contributed by atoms with Crippen molar-refractivity contribution in [3.05, 3.63) is 89.6 Å². The lowest BCUT2D eigenvalue weighted by Crippen LogP contribution is -2.28. The molecule has 0 atom stereocenters. The first-order chi connectivity index (χ1) is 17.6. The number of amides is 1. The normalized spacial score (nSPS) is 11.5. The Labute approximate surface area is 210 Å². The van der Waals surface area contributed by atoms with E-state index in [9.17, 15) is 22.8 Å². The van der Waals surface area contributed by atoms with E-state index < -0.39 is 23.8 Å². The molecular weight excluding hydrogens is 487 g/mol. The first-order valence-electron chi connectivity index (χ1n) is 11.3. The first kappa shape index (κ1) is 25.8. The van der Waals surface area contributed by atoms with Gasteiger partial charge in [-0.3, -0.25) is 4.79 Å². The maximum absolute atomic E-state index is 13.0. The second kappa shape index (κ2) is 10.8. The van der Waals surface area contributed by atoms with Crippen LogP contribution in [-0.4, -0.2) is 42.0 Å². The fraction of sp³-hybridized carbons (Fsp3) is 0.185. The summed E-state index contributed by atoms with van der Waals surface area (Å²) in [6.45, 7) is 0.911. The number of benzene rings is 3. The van der Waals surface area contributed by atoms with Crippen LogP contribution in [0.15, 0.2) is 72.8 Å². The van der Waals surface area contributed by atoms with Crippen LogP contribution in [0.1, 0.15) is 21.6 Å². The van der Waals surface area contributed by atoms with Gasteiger partial charge in [-0.2, -0.15) is 13.2 Å². The summed E-state index contributed by atoms with van der Waals surface area (Å²) in [5.74, 6) is -3.42. The number of esters is 1. The average molecular weight is 512 g/mol. The zero-order chi connectivity index (χ0) is 26.6. The van der Waals surface area contributed by atoms with Crippen LogP contribution in [0.25, 0.3) is 10.9 Å². The fourth-order valence-electron chi connectivity index (χ4n) is 3.65. The molecule has 2 N–H and O–H groups in total. The van der Waals surface area contributed by atoms with Crippen molar-refractivity contribution in [3.8, 4) is 11.5 Å². The number of carbonyl (C=O) groups excluding carboxylic acids is 2. The third-order valence-electron chi connectivity index (χ3n) is 5.33. The number of fused-ring (bicyclic) bond motifs is 1. The molecule has 192 valence electrons. The molecule has 0 fully saturated rings. The van der Waals surface area contributed by atoms with Crippen LogP contribution in [-0.2, 0) is 17.9 Å². The van der Waals surface area contributed by atoms with Gasteiger partial charge in [0.1, 0.15) is 18.1 Å². The molecule has 0 unspecified atom stereocenters. The van der Waals surface area contributed by atoms with E-state index in [1.165, 1.54) is 12.1 Å². The van der Waals surface area contributed by atoms with Gasteiger partial charge in [-0.15, -0.1) is 0 Å². The van der Waals surface area contributed by atoms with Crippen molar-refractivity contribution in [2.45, 2.75) is 19.3 Å². The molecule has 3 aromatic carbocycles. The Hall–Kier alpha value is -4.31. The number of carbonyl (C=O) groups is 2. The fourth-order valence-corrected chi connectivity index (χ4v) is 3.65. The predicted molar refractivity (Wildman–Crippen MR) is 133 cm³/mol. The summed E-state index contributed by atoms with van der Waals surface area (Å²) in [5.41, 5.74) is 2.29. The Bertz CT molecular complexity index is 1400. The monoisotopic (exact) mass is 511 g/mol. The summed E-state index contributed by atoms with van der Waals surface area (Å²) in [7, 11) is 3.85. The number of anilines is 1. The SMILES string of the molecule is CN(C)Cc1ccc(NC(=O)c2[nH]c3ccc(OCc4ccccc4)cc3c2OC(=O)C(F)(F)F)cc1. The molecule has 1 aromatic heterocycles. The summed E-state index contributed by atoms with van der Waals surface area (Å²) in [6, 6.07) is 20.8. The standard InChI is InChI=1S/C27H24F3N3O4/c1-33(2)15-17-8-10-19(11-9-17)31-25(34)23-24(37-26(35)27(28,29)30)21-14-20(12-13-22(21)32-23)36-16-18-6-4-3-5-7-18/h3-14,32H,15-16H2,1-2H3,(H,31,34). The number of hydrogen-bond acceptors (Lipinski definition) is 5. The van der Waals surface area contributed by atoms with Gasteiger partial charge in [-0.25, -0.2) is 4.79 Å². The summed E-state index contributed by atoms with van der Waals surface area (Å²) in [5, 5.41) is 2.72. The molecule has 0 radical (unpaired) electrons. The maximum Gasteiger partial charge on any atom is 0.491 e. The Kier molecular flexibility index (Phi) is 7.49. The molecule has 10 heteroatoms. The molecule has 0 spiro atoms. The van der Waals surface area contributed by atoms with E-state index in [1.807, 2.05) is 61.5 Å². The third kappa shape index (κ3) is 6.47. The minimum Gasteiger partial charge on any atom is -0.489 e. The number of nitrogens with one attached hydrogen (secondary N) is 2. The van der Waals surface area contributed by atoms with Crippen molar-refractivity contribution in [1.29, 1.82) is 0 Å². The second-order valence-electron chi connectivity index (χ2n) is 8.59. The summed E-state index contributed by atoms with van der Waals surface area (Å²) in [4.78, 5) is 29.5. The molecule has 1 heterocycles. The molecule has 4 rings (SSSR count). The maximum atomic E-state index is 13.0. The number of halogens is 3. The van der Waals surface area contributed by atoms with Crippen molar-refractivity contribution >= 4 is 28.5 Å². The van der Waals surface area contributed by atoms with E-state index in [-0.39, 0.29) is 17.7 Å². The van der Waals surface area contributed by atoms with Gasteiger partial charge in [0.15, 0.2) is 5.75 Å². The van der Waals surface area contributed by atoms with E-state index in [0.29, 0.717) is 23.5 Å². The topological polar surface area (TPSA) is 83.7 Å². The Morgan fingerprint density at radius 1 is 0.946 bits per heavy atom. The zero-order valence-electron chi connectivity index (χ0n) is 20.1. The van der Waals surface area contributed by atoms with Gasteiger partial charge in [0.2, 0.25) is 0 Å². The third-order valence-corrected chi connectivity index (χ3v) is 5.33. The van der Waals surface area contributed by atoms with Crippen molar-refractivity contribution in [2.75, 3.05) is 19.4 Å². The highest BCUT2D eigenvalue weighted by Crippen LogP contribution is 2.35. The van der Waals surface area contributed by atoms with Crippen LogP contribution in [0.2, 0.25) is 0 Å². The largest absolute Gasteiger partial charge is 0.491 e. The van der Waals surface area contributed by atoms with Crippen LogP contribution in [0, 0.1) is 0 Å². The van der Waals surface area contributed by atoms with Gasteiger partial charge < -0.3 is 24.7 Å². The quantitative estimate of drug-likeness (QED) is 0.304. The number of aromatic nitrogens is 1. The number of nitrogens with zero attached hydrogens (tertiary/aromatic N) is 1. The van der Waals surface area contributed by atoms with Crippen LogP contribution in [0.3, 0.4) is 0 Å². The number of ether oxygens (including phenoxy) is 2. The van der Waals surface area contributed by atoms with E-state index in [4.69, 9.17) is 4.74 Å². The van der Waals surface area contributed by atoms with Crippen LogP contribution < -0.4 is 14.8 Å². The Morgan fingerprint density at radius 2 is 1.65 bits per heavy atom. The van der Waals surface area contributed by atoms with Gasteiger partial charge in [0.05, 0.1) is 5.52 Å². The summed E-state index contributed by atoms with van der Waals surface area (Å²) in [6.07, 6.45) is -5.25. The van der Waals surface area contributed by atoms with Crippen molar-refractivity contribution in [2.24, 2.45) is 0 Å². The van der Waals surface area contributed by atoms with E-state index in [1.54, 1.807) is 18.2 Å². The highest BCUT2D eigenvalue weighted by Gasteiger charge is 2.42. The Morgan fingerprint density at radius 3 is 2.30 bits per heavy atom. The van der Waals surface area contributed by atoms with E-state index >= 15 is 0 Å². The van der Waals surface area contributed by atoms with Crippen molar-refractivity contribution in [1.82, 2.24) is 9.88 Å². The zero-order valence-corrected chi connectivity index (χ0v) is 20.1. The van der Waals surface area contributed by atoms with Crippen LogP contribution in [0.5, 0.6) is 11.5 Å². The van der Waals surface area contributed by atoms with Gasteiger partial charge in [0.25, 0.3) is 5.91 Å². The Balaban J connectivity index is 1.63. The molecule has 0 saturated heterocycles. The molecule has 0 aliphatic carbocycles. The number of rotatable bonds is 8. The molecule has 7 nitrogen and oxygen atoms in total. The lowest BCUT2D eigenvalue weighted by Gasteiger charge is -2.11. The number of hydrogen-bond donors (Lipinski definition) is 2. The van der Waals surface area contributed by atoms with Gasteiger partial charge in [-0.05, 0) is 55.6 Å². The average Bonchev–Trinajstić information content (AvgIpc) is 3.21. The van der Waals surface area contributed by atoms with E-state index in [2.05, 4.69) is 15.0 Å². The van der Waals surface area contributed by atoms with Crippen LogP contribution in [0.4, 0.5) is 18.9 Å². The minimum absolute atomic E-state index is 0.0923. The lowest BCUT2D eigenvalue weighted by molar-refractivity contribution is -0.189. The summed E-state index contributed by atoms with van der Waals surface area (Å²) < 4.78 is 49.5. The minimum atomic E-state index is -5.25. The predicted octanol–water partition coefficient (Wildman–Crippen LogP) is 5.53. The molecule has 4 aromatic rings. The van der Waals surface area contributed by atoms with Gasteiger partial charge in [-0.1, -0.05) is 42.5 Å². The molecule has 0 aliphatic heterocycles. The van der Waals surface area contributed by atoms with Gasteiger partial charge in [0, 0.05) is 17.6 Å². The first-order valence-corrected chi connectivity index (χ1v) is 11.3. The highest BCUT2D eigenvalue weighted by atomic mass is 19.4. The molecule has 1 amide bonds. The number of H-pyrrole nitrogens is 1.